The molecule has 20 heavy (non-hydrogen) atoms. The van der Waals surface area contributed by atoms with Gasteiger partial charge in [-0.3, -0.25) is 0 Å². The van der Waals surface area contributed by atoms with Crippen LogP contribution in [0.5, 0.6) is 0 Å². The molecular formula is C12H20N2O6. The first-order chi connectivity index (χ1) is 9.27. The van der Waals surface area contributed by atoms with Crippen LogP contribution in [0.25, 0.3) is 0 Å². The molecule has 1 saturated heterocycles. The number of rotatable bonds is 4. The van der Waals surface area contributed by atoms with Crippen LogP contribution < -0.4 is 5.32 Å². The second kappa shape index (κ2) is 6.56. The summed E-state index contributed by atoms with van der Waals surface area (Å²) in [5.41, 5.74) is 0. The van der Waals surface area contributed by atoms with Crippen molar-refractivity contribution in [2.45, 2.75) is 38.5 Å². The highest BCUT2D eigenvalue weighted by atomic mass is 16.5. The Balaban J connectivity index is 2.78. The van der Waals surface area contributed by atoms with Crippen LogP contribution in [0.4, 0.5) is 4.79 Å². The van der Waals surface area contributed by atoms with Gasteiger partial charge in [0.25, 0.3) is 0 Å². The number of hydrogen-bond acceptors (Lipinski definition) is 5. The van der Waals surface area contributed by atoms with Crippen LogP contribution in [-0.2, 0) is 14.3 Å². The molecule has 1 rings (SSSR count). The first kappa shape index (κ1) is 16.2. The van der Waals surface area contributed by atoms with Gasteiger partial charge < -0.3 is 25.2 Å². The molecule has 0 radical (unpaired) electrons. The van der Waals surface area contributed by atoms with Crippen LogP contribution in [0.2, 0.25) is 0 Å². The molecule has 1 aliphatic heterocycles. The van der Waals surface area contributed by atoms with E-state index in [4.69, 9.17) is 5.11 Å². The van der Waals surface area contributed by atoms with E-state index in [2.05, 4.69) is 10.1 Å². The standard InChI is InChI=1S/C12H20N2O6/c1-6(2)9(11(18)20-3)13-12(19)14-5-7(15)4-8(14)10(16)17/h6-9,15H,4-5H2,1-3H3,(H,13,19)(H,16,17)/t7?,8-,9?/m0/s1. The number of urea groups is 1. The Bertz CT molecular complexity index is 397. The molecule has 8 nitrogen and oxygen atoms in total. The molecule has 2 unspecified atom stereocenters. The number of hydrogen-bond donors (Lipinski definition) is 3. The Labute approximate surface area is 116 Å². The van der Waals surface area contributed by atoms with Crippen molar-refractivity contribution in [2.24, 2.45) is 5.92 Å². The number of β-amino-alcohol motifs (C(OH)–C–C–N with tert-alkyl or cyclic N) is 1. The summed E-state index contributed by atoms with van der Waals surface area (Å²) in [5.74, 6) is -1.99. The van der Waals surface area contributed by atoms with Crippen LogP contribution in [0.3, 0.4) is 0 Å². The van der Waals surface area contributed by atoms with Crippen molar-refractivity contribution in [3.63, 3.8) is 0 Å². The Hall–Kier alpha value is -1.83. The van der Waals surface area contributed by atoms with Crippen molar-refractivity contribution in [2.75, 3.05) is 13.7 Å². The van der Waals surface area contributed by atoms with Gasteiger partial charge in [-0.25, -0.2) is 14.4 Å². The zero-order valence-electron chi connectivity index (χ0n) is 11.7. The molecular weight excluding hydrogens is 268 g/mol. The number of amides is 2. The minimum absolute atomic E-state index is 0.0205. The minimum atomic E-state index is -1.18. The van der Waals surface area contributed by atoms with E-state index in [1.54, 1.807) is 13.8 Å². The number of esters is 1. The van der Waals surface area contributed by atoms with E-state index in [0.717, 1.165) is 4.90 Å². The summed E-state index contributed by atoms with van der Waals surface area (Å²) >= 11 is 0. The Morgan fingerprint density at radius 2 is 1.95 bits per heavy atom. The number of likely N-dealkylation sites (tertiary alicyclic amines) is 1. The number of aliphatic hydroxyl groups is 1. The third-order valence-electron chi connectivity index (χ3n) is 3.23. The lowest BCUT2D eigenvalue weighted by Crippen LogP contribution is -2.53. The highest BCUT2D eigenvalue weighted by Crippen LogP contribution is 2.18. The van der Waals surface area contributed by atoms with Gasteiger partial charge in [-0.15, -0.1) is 0 Å². The van der Waals surface area contributed by atoms with Crippen molar-refractivity contribution in [1.29, 1.82) is 0 Å². The van der Waals surface area contributed by atoms with Gasteiger partial charge in [0.1, 0.15) is 12.1 Å². The third-order valence-corrected chi connectivity index (χ3v) is 3.23. The molecule has 0 bridgehead atoms. The molecule has 0 spiro atoms. The predicted molar refractivity (Wildman–Crippen MR) is 67.9 cm³/mol. The fourth-order valence-electron chi connectivity index (χ4n) is 2.11. The SMILES string of the molecule is COC(=O)C(NC(=O)N1CC(O)C[C@H]1C(=O)O)C(C)C. The number of nitrogens with zero attached hydrogens (tertiary/aromatic N) is 1. The monoisotopic (exact) mass is 288 g/mol. The average molecular weight is 288 g/mol. The summed E-state index contributed by atoms with van der Waals surface area (Å²) in [6.07, 6.45) is -0.898. The van der Waals surface area contributed by atoms with E-state index < -0.39 is 36.2 Å². The van der Waals surface area contributed by atoms with E-state index in [0.29, 0.717) is 0 Å². The Morgan fingerprint density at radius 1 is 1.35 bits per heavy atom. The number of carbonyl (C=O) groups excluding carboxylic acids is 2. The van der Waals surface area contributed by atoms with Gasteiger partial charge in [-0.2, -0.15) is 0 Å². The van der Waals surface area contributed by atoms with Crippen molar-refractivity contribution in [3.05, 3.63) is 0 Å². The summed E-state index contributed by atoms with van der Waals surface area (Å²) in [6, 6.07) is -2.65. The second-order valence-corrected chi connectivity index (χ2v) is 5.09. The molecule has 0 saturated carbocycles. The van der Waals surface area contributed by atoms with Gasteiger partial charge in [-0.1, -0.05) is 13.8 Å². The summed E-state index contributed by atoms with van der Waals surface area (Å²) < 4.78 is 4.59. The van der Waals surface area contributed by atoms with Gasteiger partial charge in [0.05, 0.1) is 13.2 Å². The van der Waals surface area contributed by atoms with Crippen LogP contribution >= 0.6 is 0 Å². The number of carboxylic acid groups (broad SMARTS) is 1. The molecule has 0 aromatic carbocycles. The number of aliphatic hydroxyl groups excluding tert-OH is 1. The molecule has 1 fully saturated rings. The lowest BCUT2D eigenvalue weighted by Gasteiger charge is -2.26. The van der Waals surface area contributed by atoms with Gasteiger partial charge in [-0.05, 0) is 5.92 Å². The fourth-order valence-corrected chi connectivity index (χ4v) is 2.11. The molecule has 0 aromatic rings. The lowest BCUT2D eigenvalue weighted by molar-refractivity contribution is -0.144. The number of ether oxygens (including phenoxy) is 1. The summed E-state index contributed by atoms with van der Waals surface area (Å²) in [7, 11) is 1.21. The molecule has 2 amide bonds. The zero-order chi connectivity index (χ0) is 15.4. The maximum atomic E-state index is 12.1. The van der Waals surface area contributed by atoms with Crippen LogP contribution in [0, 0.1) is 5.92 Å². The third kappa shape index (κ3) is 3.60. The Kier molecular flexibility index (Phi) is 5.32. The molecule has 0 aromatic heterocycles. The first-order valence-corrected chi connectivity index (χ1v) is 6.33. The number of nitrogens with one attached hydrogen (secondary N) is 1. The molecule has 3 atom stereocenters. The van der Waals surface area contributed by atoms with E-state index in [9.17, 15) is 19.5 Å². The molecule has 8 heteroatoms. The zero-order valence-corrected chi connectivity index (χ0v) is 11.7. The van der Waals surface area contributed by atoms with E-state index in [1.807, 2.05) is 0 Å². The molecule has 3 N–H and O–H groups in total. The minimum Gasteiger partial charge on any atom is -0.480 e. The van der Waals surface area contributed by atoms with E-state index in [-0.39, 0.29) is 18.9 Å². The number of methoxy groups -OCH3 is 1. The van der Waals surface area contributed by atoms with E-state index >= 15 is 0 Å². The van der Waals surface area contributed by atoms with Crippen molar-refractivity contribution in [3.8, 4) is 0 Å². The van der Waals surface area contributed by atoms with Crippen LogP contribution in [0.15, 0.2) is 0 Å². The maximum Gasteiger partial charge on any atom is 0.328 e. The fraction of sp³-hybridized carbons (Fsp3) is 0.750. The quantitative estimate of drug-likeness (QED) is 0.596. The number of aliphatic carboxylic acids is 1. The van der Waals surface area contributed by atoms with Crippen molar-refractivity contribution < 1.29 is 29.3 Å². The highest BCUT2D eigenvalue weighted by Gasteiger charge is 2.40. The lowest BCUT2D eigenvalue weighted by atomic mass is 10.1. The Morgan fingerprint density at radius 3 is 2.40 bits per heavy atom. The largest absolute Gasteiger partial charge is 0.480 e. The van der Waals surface area contributed by atoms with Gasteiger partial charge >= 0.3 is 18.0 Å². The molecule has 1 heterocycles. The second-order valence-electron chi connectivity index (χ2n) is 5.09. The van der Waals surface area contributed by atoms with E-state index in [1.165, 1.54) is 7.11 Å². The van der Waals surface area contributed by atoms with Gasteiger partial charge in [0.2, 0.25) is 0 Å². The van der Waals surface area contributed by atoms with Gasteiger partial charge in [0, 0.05) is 13.0 Å². The summed E-state index contributed by atoms with van der Waals surface area (Å²) in [5, 5.41) is 21.0. The van der Waals surface area contributed by atoms with Gasteiger partial charge in [0.15, 0.2) is 0 Å². The molecule has 114 valence electrons. The highest BCUT2D eigenvalue weighted by molar-refractivity contribution is 5.87. The smallest absolute Gasteiger partial charge is 0.328 e. The molecule has 0 aliphatic carbocycles. The van der Waals surface area contributed by atoms with Crippen LogP contribution in [0.1, 0.15) is 20.3 Å². The van der Waals surface area contributed by atoms with Crippen molar-refractivity contribution >= 4 is 18.0 Å². The average Bonchev–Trinajstić information content (AvgIpc) is 2.76. The molecule has 1 aliphatic rings. The first-order valence-electron chi connectivity index (χ1n) is 6.33. The topological polar surface area (TPSA) is 116 Å². The maximum absolute atomic E-state index is 12.1. The number of carboxylic acids is 1. The van der Waals surface area contributed by atoms with Crippen molar-refractivity contribution in [1.82, 2.24) is 10.2 Å². The summed E-state index contributed by atoms with van der Waals surface area (Å²) in [4.78, 5) is 35.7. The number of carbonyl (C=O) groups is 3. The summed E-state index contributed by atoms with van der Waals surface area (Å²) in [6.45, 7) is 3.39. The predicted octanol–water partition coefficient (Wildman–Crippen LogP) is -0.587. The normalized spacial score (nSPS) is 23.6. The van der Waals surface area contributed by atoms with Crippen LogP contribution in [-0.4, -0.2) is 64.9 Å².